The van der Waals surface area contributed by atoms with Gasteiger partial charge >= 0.3 is 0 Å². The molecule has 2 heteroatoms. The predicted molar refractivity (Wildman–Crippen MR) is 55.5 cm³/mol. The van der Waals surface area contributed by atoms with Crippen LogP contribution >= 0.6 is 0 Å². The zero-order valence-corrected chi connectivity index (χ0v) is 9.19. The minimum atomic E-state index is -1.11. The summed E-state index contributed by atoms with van der Waals surface area (Å²) in [5, 5.41) is 18.3. The molecule has 0 amide bonds. The third-order valence-electron chi connectivity index (χ3n) is 4.50. The maximum atomic E-state index is 9.15. The largest absolute Gasteiger partial charge is 0.368 e. The first kappa shape index (κ1) is 10.4. The fraction of sp³-hybridized carbons (Fsp3) is 1.00. The quantitative estimate of drug-likeness (QED) is 0.666. The van der Waals surface area contributed by atoms with Gasteiger partial charge in [0.15, 0.2) is 6.29 Å². The van der Waals surface area contributed by atoms with Crippen molar-refractivity contribution >= 4 is 0 Å². The van der Waals surface area contributed by atoms with Crippen LogP contribution < -0.4 is 0 Å². The Balaban J connectivity index is 1.91. The van der Waals surface area contributed by atoms with E-state index in [4.69, 9.17) is 10.2 Å². The standard InChI is InChI=1S/C12H22O2/c1-7-3-10-5-9(6-11(10)4-7)8(2)12(13)14/h7-14H,3-6H2,1-2H3/t7-,8-,9?,10-,11+/m1/s1. The molecule has 0 aliphatic heterocycles. The summed E-state index contributed by atoms with van der Waals surface area (Å²) in [7, 11) is 0. The number of hydrogen-bond acceptors (Lipinski definition) is 2. The van der Waals surface area contributed by atoms with Crippen LogP contribution in [0, 0.1) is 29.6 Å². The van der Waals surface area contributed by atoms with E-state index in [9.17, 15) is 0 Å². The molecule has 0 heterocycles. The summed E-state index contributed by atoms with van der Waals surface area (Å²) < 4.78 is 0. The van der Waals surface area contributed by atoms with Gasteiger partial charge in [-0.15, -0.1) is 0 Å². The molecule has 2 aliphatic carbocycles. The highest BCUT2D eigenvalue weighted by molar-refractivity contribution is 4.91. The van der Waals surface area contributed by atoms with Gasteiger partial charge < -0.3 is 10.2 Å². The lowest BCUT2D eigenvalue weighted by molar-refractivity contribution is -0.0945. The first-order chi connectivity index (χ1) is 6.58. The van der Waals surface area contributed by atoms with Crippen LogP contribution in [-0.2, 0) is 0 Å². The van der Waals surface area contributed by atoms with Gasteiger partial charge in [0, 0.05) is 5.92 Å². The van der Waals surface area contributed by atoms with Crippen LogP contribution in [0.25, 0.3) is 0 Å². The number of fused-ring (bicyclic) bond motifs is 1. The number of hydrogen-bond donors (Lipinski definition) is 2. The van der Waals surface area contributed by atoms with Crippen LogP contribution in [0.1, 0.15) is 39.5 Å². The second-order valence-electron chi connectivity index (χ2n) is 5.60. The zero-order chi connectivity index (χ0) is 10.3. The maximum Gasteiger partial charge on any atom is 0.154 e. The average molecular weight is 198 g/mol. The Morgan fingerprint density at radius 2 is 1.50 bits per heavy atom. The first-order valence-electron chi connectivity index (χ1n) is 5.94. The minimum Gasteiger partial charge on any atom is -0.368 e. The van der Waals surface area contributed by atoms with Crippen LogP contribution in [0.3, 0.4) is 0 Å². The van der Waals surface area contributed by atoms with E-state index >= 15 is 0 Å². The average Bonchev–Trinajstić information content (AvgIpc) is 2.59. The van der Waals surface area contributed by atoms with Gasteiger partial charge in [-0.25, -0.2) is 0 Å². The van der Waals surface area contributed by atoms with Crippen LogP contribution in [-0.4, -0.2) is 16.5 Å². The zero-order valence-electron chi connectivity index (χ0n) is 9.19. The lowest BCUT2D eigenvalue weighted by atomic mass is 9.88. The van der Waals surface area contributed by atoms with Crippen LogP contribution in [0.5, 0.6) is 0 Å². The summed E-state index contributed by atoms with van der Waals surface area (Å²) in [6.45, 7) is 4.32. The molecule has 1 unspecified atom stereocenters. The van der Waals surface area contributed by atoms with Crippen molar-refractivity contribution < 1.29 is 10.2 Å². The molecule has 2 fully saturated rings. The Kier molecular flexibility index (Phi) is 2.85. The normalized spacial score (nSPS) is 44.4. The molecule has 0 bridgehead atoms. The predicted octanol–water partition coefficient (Wildman–Crippen LogP) is 2.01. The molecule has 14 heavy (non-hydrogen) atoms. The van der Waals surface area contributed by atoms with Gasteiger partial charge in [-0.05, 0) is 49.4 Å². The Hall–Kier alpha value is -0.0800. The molecule has 0 saturated heterocycles. The topological polar surface area (TPSA) is 40.5 Å². The van der Waals surface area contributed by atoms with E-state index in [1.54, 1.807) is 0 Å². The molecule has 0 aromatic carbocycles. The fourth-order valence-corrected chi connectivity index (χ4v) is 3.64. The van der Waals surface area contributed by atoms with Gasteiger partial charge in [0.2, 0.25) is 0 Å². The van der Waals surface area contributed by atoms with Crippen LogP contribution in [0.4, 0.5) is 0 Å². The Morgan fingerprint density at radius 3 is 1.93 bits per heavy atom. The van der Waals surface area contributed by atoms with Gasteiger partial charge in [-0.2, -0.15) is 0 Å². The van der Waals surface area contributed by atoms with Gasteiger partial charge in [-0.1, -0.05) is 13.8 Å². The van der Waals surface area contributed by atoms with Crippen molar-refractivity contribution in [3.63, 3.8) is 0 Å². The van der Waals surface area contributed by atoms with Crippen molar-refractivity contribution in [2.45, 2.75) is 45.8 Å². The third-order valence-corrected chi connectivity index (χ3v) is 4.50. The van der Waals surface area contributed by atoms with Gasteiger partial charge in [-0.3, -0.25) is 0 Å². The maximum absolute atomic E-state index is 9.15. The number of aliphatic hydroxyl groups is 2. The van der Waals surface area contributed by atoms with Crippen molar-refractivity contribution in [2.75, 3.05) is 0 Å². The van der Waals surface area contributed by atoms with Gasteiger partial charge in [0.1, 0.15) is 0 Å². The van der Waals surface area contributed by atoms with Gasteiger partial charge in [0.05, 0.1) is 0 Å². The van der Waals surface area contributed by atoms with E-state index in [0.29, 0.717) is 5.92 Å². The molecule has 82 valence electrons. The summed E-state index contributed by atoms with van der Waals surface area (Å²) in [6, 6.07) is 0. The summed E-state index contributed by atoms with van der Waals surface area (Å²) >= 11 is 0. The highest BCUT2D eigenvalue weighted by Crippen LogP contribution is 2.51. The Morgan fingerprint density at radius 1 is 1.00 bits per heavy atom. The molecule has 0 radical (unpaired) electrons. The molecule has 0 aromatic heterocycles. The van der Waals surface area contributed by atoms with E-state index in [1.807, 2.05) is 6.92 Å². The molecule has 2 aliphatic rings. The second-order valence-corrected chi connectivity index (χ2v) is 5.60. The molecule has 5 atom stereocenters. The van der Waals surface area contributed by atoms with Crippen molar-refractivity contribution in [3.05, 3.63) is 0 Å². The highest BCUT2D eigenvalue weighted by atomic mass is 16.5. The minimum absolute atomic E-state index is 0.0657. The summed E-state index contributed by atoms with van der Waals surface area (Å²) in [5.74, 6) is 3.29. The van der Waals surface area contributed by atoms with Crippen molar-refractivity contribution in [2.24, 2.45) is 29.6 Å². The van der Waals surface area contributed by atoms with Gasteiger partial charge in [0.25, 0.3) is 0 Å². The molecule has 2 nitrogen and oxygen atoms in total. The van der Waals surface area contributed by atoms with E-state index in [1.165, 1.54) is 25.7 Å². The molecule has 2 saturated carbocycles. The van der Waals surface area contributed by atoms with Crippen molar-refractivity contribution in [1.29, 1.82) is 0 Å². The Bertz CT molecular complexity index is 188. The summed E-state index contributed by atoms with van der Waals surface area (Å²) in [5.41, 5.74) is 0. The molecule has 0 aromatic rings. The summed E-state index contributed by atoms with van der Waals surface area (Å²) in [4.78, 5) is 0. The van der Waals surface area contributed by atoms with E-state index in [2.05, 4.69) is 6.92 Å². The second kappa shape index (κ2) is 3.82. The van der Waals surface area contributed by atoms with Crippen molar-refractivity contribution in [1.82, 2.24) is 0 Å². The lowest BCUT2D eigenvalue weighted by Crippen LogP contribution is -2.23. The van der Waals surface area contributed by atoms with E-state index in [0.717, 1.165) is 17.8 Å². The van der Waals surface area contributed by atoms with Crippen LogP contribution in [0.15, 0.2) is 0 Å². The molecule has 2 rings (SSSR count). The smallest absolute Gasteiger partial charge is 0.154 e. The van der Waals surface area contributed by atoms with Crippen LogP contribution in [0.2, 0.25) is 0 Å². The number of aliphatic hydroxyl groups excluding tert-OH is 1. The number of rotatable bonds is 2. The monoisotopic (exact) mass is 198 g/mol. The molecular weight excluding hydrogens is 176 g/mol. The van der Waals surface area contributed by atoms with E-state index in [-0.39, 0.29) is 5.92 Å². The molecule has 0 spiro atoms. The fourth-order valence-electron chi connectivity index (χ4n) is 3.64. The highest BCUT2D eigenvalue weighted by Gasteiger charge is 2.42. The van der Waals surface area contributed by atoms with Crippen molar-refractivity contribution in [3.8, 4) is 0 Å². The molecule has 2 N–H and O–H groups in total. The SMILES string of the molecule is C[C@H]1C[C@H]2CC([C@@H](C)C(O)O)C[C@H]2C1. The molecular formula is C12H22O2. The lowest BCUT2D eigenvalue weighted by Gasteiger charge is -2.22. The van der Waals surface area contributed by atoms with E-state index < -0.39 is 6.29 Å². The summed E-state index contributed by atoms with van der Waals surface area (Å²) in [6.07, 6.45) is 4.09. The third kappa shape index (κ3) is 1.82. The Labute approximate surface area is 86.3 Å². The first-order valence-corrected chi connectivity index (χ1v) is 5.94.